The molecule has 9 heteroatoms. The van der Waals surface area contributed by atoms with Crippen molar-refractivity contribution in [2.75, 3.05) is 6.61 Å². The van der Waals surface area contributed by atoms with Crippen molar-refractivity contribution >= 4 is 11.7 Å². The number of rotatable bonds is 8. The molecule has 0 fully saturated rings. The number of carbonyl (C=O) groups excluding carboxylic acids is 1. The van der Waals surface area contributed by atoms with Crippen LogP contribution in [0.2, 0.25) is 0 Å². The van der Waals surface area contributed by atoms with E-state index in [-0.39, 0.29) is 28.5 Å². The van der Waals surface area contributed by atoms with E-state index in [9.17, 15) is 20.2 Å². The summed E-state index contributed by atoms with van der Waals surface area (Å²) in [5, 5.41) is 20.7. The van der Waals surface area contributed by atoms with Gasteiger partial charge < -0.3 is 19.9 Å². The van der Waals surface area contributed by atoms with Crippen molar-refractivity contribution in [2.24, 2.45) is 11.7 Å². The van der Waals surface area contributed by atoms with Gasteiger partial charge in [0.25, 0.3) is 5.69 Å². The van der Waals surface area contributed by atoms with Crippen LogP contribution in [-0.4, -0.2) is 17.5 Å². The number of hydrogen-bond donors (Lipinski definition) is 1. The molecule has 1 aliphatic rings. The molecule has 4 rings (SSSR count). The SMILES string of the molecule is CC(C)CCOc1cccc(C2C(C#N)=C(N)Oc3cc(OC(=O)c4ccc([N+](=O)[O-])cc4)ccc32)c1. The third-order valence-corrected chi connectivity index (χ3v) is 5.87. The molecule has 0 spiro atoms. The lowest BCUT2D eigenvalue weighted by Gasteiger charge is -2.27. The highest BCUT2D eigenvalue weighted by Gasteiger charge is 2.31. The Hall–Kier alpha value is -4.84. The predicted octanol–water partition coefficient (Wildman–Crippen LogP) is 5.46. The zero-order valence-electron chi connectivity index (χ0n) is 20.3. The Kier molecular flexibility index (Phi) is 7.39. The van der Waals surface area contributed by atoms with Crippen molar-refractivity contribution in [3.63, 3.8) is 0 Å². The molecule has 0 saturated carbocycles. The van der Waals surface area contributed by atoms with Crippen LogP contribution in [0.3, 0.4) is 0 Å². The number of hydrogen-bond acceptors (Lipinski definition) is 8. The van der Waals surface area contributed by atoms with Crippen LogP contribution in [0.15, 0.2) is 78.2 Å². The summed E-state index contributed by atoms with van der Waals surface area (Å²) < 4.78 is 17.1. The van der Waals surface area contributed by atoms with E-state index in [0.717, 1.165) is 12.0 Å². The highest BCUT2D eigenvalue weighted by Crippen LogP contribution is 2.44. The second-order valence-corrected chi connectivity index (χ2v) is 8.92. The lowest BCUT2D eigenvalue weighted by molar-refractivity contribution is -0.384. The number of ether oxygens (including phenoxy) is 3. The molecule has 0 amide bonds. The van der Waals surface area contributed by atoms with Gasteiger partial charge in [0.15, 0.2) is 0 Å². The first kappa shape index (κ1) is 25.3. The molecule has 3 aromatic rings. The highest BCUT2D eigenvalue weighted by molar-refractivity contribution is 5.91. The smallest absolute Gasteiger partial charge is 0.343 e. The topological polar surface area (TPSA) is 138 Å². The quantitative estimate of drug-likeness (QED) is 0.187. The summed E-state index contributed by atoms with van der Waals surface area (Å²) in [6, 6.07) is 19.6. The minimum Gasteiger partial charge on any atom is -0.494 e. The van der Waals surface area contributed by atoms with Crippen molar-refractivity contribution in [2.45, 2.75) is 26.2 Å². The molecule has 0 bridgehead atoms. The summed E-state index contributed by atoms with van der Waals surface area (Å²) in [6.07, 6.45) is 0.919. The van der Waals surface area contributed by atoms with Gasteiger partial charge in [0, 0.05) is 23.8 Å². The minimum absolute atomic E-state index is 0.0371. The fourth-order valence-corrected chi connectivity index (χ4v) is 3.92. The highest BCUT2D eigenvalue weighted by atomic mass is 16.6. The van der Waals surface area contributed by atoms with E-state index < -0.39 is 16.8 Å². The van der Waals surface area contributed by atoms with E-state index in [2.05, 4.69) is 19.9 Å². The summed E-state index contributed by atoms with van der Waals surface area (Å²) in [4.78, 5) is 22.8. The van der Waals surface area contributed by atoms with Crippen LogP contribution in [0.5, 0.6) is 17.2 Å². The van der Waals surface area contributed by atoms with Gasteiger partial charge in [-0.3, -0.25) is 10.1 Å². The van der Waals surface area contributed by atoms with E-state index in [0.29, 0.717) is 29.6 Å². The normalized spacial score (nSPS) is 14.4. The van der Waals surface area contributed by atoms with Crippen LogP contribution in [0.25, 0.3) is 0 Å². The van der Waals surface area contributed by atoms with Crippen LogP contribution in [-0.2, 0) is 0 Å². The summed E-state index contributed by atoms with van der Waals surface area (Å²) in [5.41, 5.74) is 7.88. The summed E-state index contributed by atoms with van der Waals surface area (Å²) in [6.45, 7) is 4.84. The molecule has 1 unspecified atom stereocenters. The first-order valence-electron chi connectivity index (χ1n) is 11.7. The van der Waals surface area contributed by atoms with E-state index >= 15 is 0 Å². The van der Waals surface area contributed by atoms with Gasteiger partial charge in [0.05, 0.1) is 23.0 Å². The fraction of sp³-hybridized carbons (Fsp3) is 0.214. The number of carbonyl (C=O) groups is 1. The molecule has 1 aliphatic heterocycles. The Morgan fingerprint density at radius 1 is 1.14 bits per heavy atom. The van der Waals surface area contributed by atoms with Crippen molar-refractivity contribution in [1.29, 1.82) is 5.26 Å². The van der Waals surface area contributed by atoms with Crippen molar-refractivity contribution in [1.82, 2.24) is 0 Å². The number of allylic oxidation sites excluding steroid dienone is 1. The zero-order chi connectivity index (χ0) is 26.5. The maximum absolute atomic E-state index is 12.6. The van der Waals surface area contributed by atoms with Crippen LogP contribution in [0.4, 0.5) is 5.69 Å². The van der Waals surface area contributed by atoms with Gasteiger partial charge in [-0.2, -0.15) is 5.26 Å². The molecule has 0 aliphatic carbocycles. The largest absolute Gasteiger partial charge is 0.494 e. The van der Waals surface area contributed by atoms with Gasteiger partial charge in [-0.25, -0.2) is 4.79 Å². The van der Waals surface area contributed by atoms with Gasteiger partial charge in [0.1, 0.15) is 28.9 Å². The lowest BCUT2D eigenvalue weighted by Crippen LogP contribution is -2.21. The first-order valence-corrected chi connectivity index (χ1v) is 11.7. The van der Waals surface area contributed by atoms with Crippen molar-refractivity contribution < 1.29 is 23.9 Å². The number of nitro groups is 1. The summed E-state index contributed by atoms with van der Waals surface area (Å²) >= 11 is 0. The number of nitrogens with zero attached hydrogens (tertiary/aromatic N) is 2. The number of nitrogens with two attached hydrogens (primary N) is 1. The first-order chi connectivity index (χ1) is 17.8. The van der Waals surface area contributed by atoms with Gasteiger partial charge >= 0.3 is 5.97 Å². The standard InChI is InChI=1S/C28H25N3O6/c1-17(2)12-13-35-21-5-3-4-19(14-21)26-23-11-10-22(15-25(23)37-27(30)24(26)16-29)36-28(32)18-6-8-20(9-7-18)31(33)34/h3-11,14-15,17,26H,12-13,30H2,1-2H3. The molecule has 1 atom stereocenters. The average molecular weight is 500 g/mol. The molecule has 2 N–H and O–H groups in total. The molecule has 9 nitrogen and oxygen atoms in total. The second-order valence-electron chi connectivity index (χ2n) is 8.92. The van der Waals surface area contributed by atoms with Gasteiger partial charge in [0.2, 0.25) is 5.88 Å². The Morgan fingerprint density at radius 3 is 2.57 bits per heavy atom. The predicted molar refractivity (Wildman–Crippen MR) is 135 cm³/mol. The average Bonchev–Trinajstić information content (AvgIpc) is 2.87. The molecule has 188 valence electrons. The monoisotopic (exact) mass is 499 g/mol. The Bertz CT molecular complexity index is 1410. The number of benzene rings is 3. The molecule has 3 aromatic carbocycles. The second kappa shape index (κ2) is 10.8. The third kappa shape index (κ3) is 5.70. The Morgan fingerprint density at radius 2 is 1.89 bits per heavy atom. The number of non-ortho nitro benzene ring substituents is 1. The van der Waals surface area contributed by atoms with E-state index in [1.807, 2.05) is 24.3 Å². The molecule has 37 heavy (non-hydrogen) atoms. The van der Waals surface area contributed by atoms with Gasteiger partial charge in [-0.1, -0.05) is 32.0 Å². The third-order valence-electron chi connectivity index (χ3n) is 5.87. The molecule has 0 aromatic heterocycles. The molecule has 1 heterocycles. The van der Waals surface area contributed by atoms with E-state index in [1.54, 1.807) is 12.1 Å². The number of nitriles is 1. The molecular formula is C28H25N3O6. The zero-order valence-corrected chi connectivity index (χ0v) is 20.3. The Labute approximate surface area is 213 Å². The van der Waals surface area contributed by atoms with Crippen molar-refractivity contribution in [3.8, 4) is 23.3 Å². The minimum atomic E-state index is -0.685. The van der Waals surface area contributed by atoms with Crippen LogP contribution in [0, 0.1) is 27.4 Å². The maximum atomic E-state index is 12.6. The summed E-state index contributed by atoms with van der Waals surface area (Å²) in [7, 11) is 0. The number of fused-ring (bicyclic) bond motifs is 1. The van der Waals surface area contributed by atoms with Gasteiger partial charge in [-0.15, -0.1) is 0 Å². The molecule has 0 radical (unpaired) electrons. The van der Waals surface area contributed by atoms with Crippen LogP contribution in [0.1, 0.15) is 47.7 Å². The van der Waals surface area contributed by atoms with E-state index in [4.69, 9.17) is 19.9 Å². The van der Waals surface area contributed by atoms with Crippen molar-refractivity contribution in [3.05, 3.63) is 105 Å². The van der Waals surface area contributed by atoms with E-state index in [1.165, 1.54) is 30.3 Å². The fourth-order valence-electron chi connectivity index (χ4n) is 3.92. The number of esters is 1. The Balaban J connectivity index is 1.60. The van der Waals surface area contributed by atoms with Crippen LogP contribution < -0.4 is 19.9 Å². The van der Waals surface area contributed by atoms with Gasteiger partial charge in [-0.05, 0) is 48.2 Å². The lowest BCUT2D eigenvalue weighted by atomic mass is 9.83. The maximum Gasteiger partial charge on any atom is 0.343 e. The van der Waals surface area contributed by atoms with Crippen LogP contribution >= 0.6 is 0 Å². The molecular weight excluding hydrogens is 474 g/mol. The molecule has 0 saturated heterocycles. The summed E-state index contributed by atoms with van der Waals surface area (Å²) in [5.74, 6) is 0.529. The number of nitro benzene ring substituents is 1.